The molecular weight excluding hydrogens is 228 g/mol. The molecule has 0 saturated heterocycles. The highest BCUT2D eigenvalue weighted by atomic mass is 16.1. The number of benzene rings is 1. The molecule has 5 heteroatoms. The van der Waals surface area contributed by atoms with E-state index >= 15 is 0 Å². The van der Waals surface area contributed by atoms with Gasteiger partial charge in [0.15, 0.2) is 0 Å². The van der Waals surface area contributed by atoms with Crippen LogP contribution in [0, 0.1) is 0 Å². The zero-order valence-electron chi connectivity index (χ0n) is 10.3. The molecule has 5 nitrogen and oxygen atoms in total. The van der Waals surface area contributed by atoms with Gasteiger partial charge >= 0.3 is 0 Å². The summed E-state index contributed by atoms with van der Waals surface area (Å²) in [6, 6.07) is 7.38. The van der Waals surface area contributed by atoms with Crippen molar-refractivity contribution in [2.24, 2.45) is 0 Å². The summed E-state index contributed by atoms with van der Waals surface area (Å²) in [6.45, 7) is 2.70. The maximum atomic E-state index is 11.9. The average molecular weight is 244 g/mol. The highest BCUT2D eigenvalue weighted by Gasteiger charge is 2.10. The van der Waals surface area contributed by atoms with Crippen LogP contribution in [0.25, 0.3) is 0 Å². The van der Waals surface area contributed by atoms with Crippen LogP contribution in [0.4, 0.5) is 5.69 Å². The maximum absolute atomic E-state index is 11.9. The zero-order valence-corrected chi connectivity index (χ0v) is 10.3. The number of anilines is 1. The number of carbonyl (C=O) groups excluding carboxylic acids is 1. The third-order valence-corrected chi connectivity index (χ3v) is 2.70. The normalized spacial score (nSPS) is 10.5. The zero-order chi connectivity index (χ0) is 13.0. The van der Waals surface area contributed by atoms with Gasteiger partial charge in [-0.3, -0.25) is 4.79 Å². The van der Waals surface area contributed by atoms with Gasteiger partial charge in [0.05, 0.1) is 6.42 Å². The molecule has 1 aromatic heterocycles. The van der Waals surface area contributed by atoms with Gasteiger partial charge in [0.1, 0.15) is 17.9 Å². The SMILES string of the molecule is CCn1ncnc1CC(=O)Cc1cccc(N)c1. The Bertz CT molecular complexity index is 547. The second-order valence-corrected chi connectivity index (χ2v) is 4.13. The van der Waals surface area contributed by atoms with E-state index in [2.05, 4.69) is 10.1 Å². The van der Waals surface area contributed by atoms with E-state index in [1.165, 1.54) is 6.33 Å². The van der Waals surface area contributed by atoms with Crippen molar-refractivity contribution in [3.63, 3.8) is 0 Å². The molecule has 1 heterocycles. The standard InChI is InChI=1S/C13H16N4O/c1-2-17-13(15-9-16-17)8-12(18)7-10-4-3-5-11(14)6-10/h3-6,9H,2,7-8,14H2,1H3. The van der Waals surface area contributed by atoms with E-state index in [1.54, 1.807) is 4.68 Å². The van der Waals surface area contributed by atoms with Crippen LogP contribution in [-0.4, -0.2) is 20.5 Å². The summed E-state index contributed by atoms with van der Waals surface area (Å²) < 4.78 is 1.73. The lowest BCUT2D eigenvalue weighted by molar-refractivity contribution is -0.117. The van der Waals surface area contributed by atoms with Crippen LogP contribution in [0.1, 0.15) is 18.3 Å². The number of ketones is 1. The minimum atomic E-state index is 0.114. The molecule has 0 aliphatic heterocycles. The number of carbonyl (C=O) groups is 1. The Labute approximate surface area is 106 Å². The van der Waals surface area contributed by atoms with Crippen molar-refractivity contribution in [3.05, 3.63) is 42.0 Å². The van der Waals surface area contributed by atoms with Crippen LogP contribution >= 0.6 is 0 Å². The van der Waals surface area contributed by atoms with Crippen molar-refractivity contribution in [3.8, 4) is 0 Å². The number of aromatic nitrogens is 3. The Hall–Kier alpha value is -2.17. The lowest BCUT2D eigenvalue weighted by Gasteiger charge is -2.03. The number of nitrogen functional groups attached to an aromatic ring is 1. The fourth-order valence-electron chi connectivity index (χ4n) is 1.86. The van der Waals surface area contributed by atoms with Crippen LogP contribution in [0.3, 0.4) is 0 Å². The van der Waals surface area contributed by atoms with Gasteiger partial charge in [0, 0.05) is 18.7 Å². The van der Waals surface area contributed by atoms with Crippen molar-refractivity contribution in [1.82, 2.24) is 14.8 Å². The van der Waals surface area contributed by atoms with Gasteiger partial charge in [-0.25, -0.2) is 9.67 Å². The first-order valence-corrected chi connectivity index (χ1v) is 5.92. The van der Waals surface area contributed by atoms with Crippen molar-refractivity contribution in [2.45, 2.75) is 26.3 Å². The van der Waals surface area contributed by atoms with E-state index in [1.807, 2.05) is 31.2 Å². The van der Waals surface area contributed by atoms with Crippen LogP contribution in [0.5, 0.6) is 0 Å². The van der Waals surface area contributed by atoms with E-state index in [-0.39, 0.29) is 5.78 Å². The van der Waals surface area contributed by atoms with Gasteiger partial charge in [0.2, 0.25) is 0 Å². The molecule has 18 heavy (non-hydrogen) atoms. The summed E-state index contributed by atoms with van der Waals surface area (Å²) in [5.41, 5.74) is 7.29. The van der Waals surface area contributed by atoms with E-state index in [0.717, 1.165) is 12.1 Å². The molecule has 0 amide bonds. The number of rotatable bonds is 5. The Balaban J connectivity index is 2.01. The summed E-state index contributed by atoms with van der Waals surface area (Å²) in [4.78, 5) is 16.0. The molecule has 0 spiro atoms. The van der Waals surface area contributed by atoms with E-state index in [9.17, 15) is 4.79 Å². The smallest absolute Gasteiger partial charge is 0.144 e. The highest BCUT2D eigenvalue weighted by molar-refractivity contribution is 5.82. The Morgan fingerprint density at radius 2 is 2.22 bits per heavy atom. The molecule has 0 radical (unpaired) electrons. The van der Waals surface area contributed by atoms with Crippen LogP contribution < -0.4 is 5.73 Å². The van der Waals surface area contributed by atoms with Gasteiger partial charge in [0.25, 0.3) is 0 Å². The third-order valence-electron chi connectivity index (χ3n) is 2.70. The maximum Gasteiger partial charge on any atom is 0.144 e. The Morgan fingerprint density at radius 3 is 2.94 bits per heavy atom. The van der Waals surface area contributed by atoms with Gasteiger partial charge in [-0.05, 0) is 24.6 Å². The summed E-state index contributed by atoms with van der Waals surface area (Å²) >= 11 is 0. The number of nitrogens with zero attached hydrogens (tertiary/aromatic N) is 3. The number of nitrogens with two attached hydrogens (primary N) is 1. The third kappa shape index (κ3) is 2.94. The Kier molecular flexibility index (Phi) is 3.72. The van der Waals surface area contributed by atoms with Crippen molar-refractivity contribution < 1.29 is 4.79 Å². The molecule has 0 aliphatic rings. The number of Topliss-reactive ketones (excluding diaryl/α,β-unsaturated/α-hetero) is 1. The molecule has 2 aromatic rings. The Morgan fingerprint density at radius 1 is 1.39 bits per heavy atom. The predicted octanol–water partition coefficient (Wildman–Crippen LogP) is 1.23. The van der Waals surface area contributed by atoms with Crippen LogP contribution in [0.15, 0.2) is 30.6 Å². The van der Waals surface area contributed by atoms with Crippen LogP contribution in [0.2, 0.25) is 0 Å². The van der Waals surface area contributed by atoms with Crippen molar-refractivity contribution >= 4 is 11.5 Å². The molecular formula is C13H16N4O. The lowest BCUT2D eigenvalue weighted by atomic mass is 10.1. The second kappa shape index (κ2) is 5.44. The van der Waals surface area contributed by atoms with Crippen molar-refractivity contribution in [2.75, 3.05) is 5.73 Å². The summed E-state index contributed by atoms with van der Waals surface area (Å²) in [5, 5.41) is 4.04. The minimum absolute atomic E-state index is 0.114. The molecule has 0 saturated carbocycles. The first-order chi connectivity index (χ1) is 8.69. The van der Waals surface area contributed by atoms with E-state index < -0.39 is 0 Å². The second-order valence-electron chi connectivity index (χ2n) is 4.13. The molecule has 94 valence electrons. The largest absolute Gasteiger partial charge is 0.399 e. The minimum Gasteiger partial charge on any atom is -0.399 e. The quantitative estimate of drug-likeness (QED) is 0.803. The molecule has 0 atom stereocenters. The highest BCUT2D eigenvalue weighted by Crippen LogP contribution is 2.08. The molecule has 2 N–H and O–H groups in total. The van der Waals surface area contributed by atoms with E-state index in [0.29, 0.717) is 24.4 Å². The topological polar surface area (TPSA) is 73.8 Å². The average Bonchev–Trinajstić information content (AvgIpc) is 2.76. The first-order valence-electron chi connectivity index (χ1n) is 5.92. The molecule has 0 fully saturated rings. The lowest BCUT2D eigenvalue weighted by Crippen LogP contribution is -2.12. The van der Waals surface area contributed by atoms with Gasteiger partial charge in [-0.15, -0.1) is 0 Å². The van der Waals surface area contributed by atoms with Gasteiger partial charge in [-0.2, -0.15) is 5.10 Å². The molecule has 1 aromatic carbocycles. The first kappa shape index (κ1) is 12.3. The van der Waals surface area contributed by atoms with Crippen molar-refractivity contribution in [1.29, 1.82) is 0 Å². The monoisotopic (exact) mass is 244 g/mol. The van der Waals surface area contributed by atoms with Gasteiger partial charge in [-0.1, -0.05) is 12.1 Å². The summed E-state index contributed by atoms with van der Waals surface area (Å²) in [7, 11) is 0. The summed E-state index contributed by atoms with van der Waals surface area (Å²) in [6.07, 6.45) is 2.16. The van der Waals surface area contributed by atoms with Gasteiger partial charge < -0.3 is 5.73 Å². The predicted molar refractivity (Wildman–Crippen MR) is 69.0 cm³/mol. The molecule has 2 rings (SSSR count). The summed E-state index contributed by atoms with van der Waals surface area (Å²) in [5.74, 6) is 0.828. The fourth-order valence-corrected chi connectivity index (χ4v) is 1.86. The number of hydrogen-bond donors (Lipinski definition) is 1. The molecule has 0 unspecified atom stereocenters. The number of hydrogen-bond acceptors (Lipinski definition) is 4. The fraction of sp³-hybridized carbons (Fsp3) is 0.308. The number of aryl methyl sites for hydroxylation is 1. The van der Waals surface area contributed by atoms with E-state index in [4.69, 9.17) is 5.73 Å². The molecule has 0 aliphatic carbocycles. The molecule has 0 bridgehead atoms. The van der Waals surface area contributed by atoms with Crippen LogP contribution in [-0.2, 0) is 24.2 Å².